The Hall–Kier alpha value is -2.80. The molecule has 1 N–H and O–H groups in total. The molecule has 106 valence electrons. The first-order valence-corrected chi connectivity index (χ1v) is 6.69. The highest BCUT2D eigenvalue weighted by atomic mass is 16.5. The number of carbonyl (C=O) groups is 1. The van der Waals surface area contributed by atoms with Crippen molar-refractivity contribution in [1.29, 1.82) is 5.26 Å². The van der Waals surface area contributed by atoms with E-state index >= 15 is 0 Å². The lowest BCUT2D eigenvalue weighted by Crippen LogP contribution is -2.26. The van der Waals surface area contributed by atoms with Gasteiger partial charge in [0.2, 0.25) is 5.91 Å². The second kappa shape index (κ2) is 7.11. The maximum Gasteiger partial charge on any atom is 0.234 e. The van der Waals surface area contributed by atoms with E-state index in [1.165, 1.54) is 0 Å². The first kappa shape index (κ1) is 14.6. The summed E-state index contributed by atoms with van der Waals surface area (Å²) in [4.78, 5) is 11.5. The SMILES string of the molecule is CC(NC(=O)CC#N)c1ccccc1Oc1ccccc1. The van der Waals surface area contributed by atoms with Gasteiger partial charge < -0.3 is 10.1 Å². The van der Waals surface area contributed by atoms with Crippen LogP contribution in [0.15, 0.2) is 54.6 Å². The summed E-state index contributed by atoms with van der Waals surface area (Å²) in [6.07, 6.45) is -0.147. The summed E-state index contributed by atoms with van der Waals surface area (Å²) in [6.45, 7) is 1.86. The average molecular weight is 280 g/mol. The first-order valence-electron chi connectivity index (χ1n) is 6.69. The second-order valence-corrected chi connectivity index (χ2v) is 4.58. The van der Waals surface area contributed by atoms with Gasteiger partial charge >= 0.3 is 0 Å². The minimum absolute atomic E-state index is 0.147. The van der Waals surface area contributed by atoms with Crippen molar-refractivity contribution in [2.45, 2.75) is 19.4 Å². The van der Waals surface area contributed by atoms with E-state index in [0.717, 1.165) is 11.3 Å². The third-order valence-electron chi connectivity index (χ3n) is 2.97. The van der Waals surface area contributed by atoms with Gasteiger partial charge in [-0.15, -0.1) is 0 Å². The van der Waals surface area contributed by atoms with Crippen LogP contribution in [0.1, 0.15) is 24.9 Å². The fraction of sp³-hybridized carbons (Fsp3) is 0.176. The molecule has 0 fully saturated rings. The Bertz CT molecular complexity index is 647. The molecule has 0 aromatic heterocycles. The predicted octanol–water partition coefficient (Wildman–Crippen LogP) is 3.57. The van der Waals surface area contributed by atoms with Crippen molar-refractivity contribution in [3.8, 4) is 17.6 Å². The summed E-state index contributed by atoms with van der Waals surface area (Å²) in [5, 5.41) is 11.3. The van der Waals surface area contributed by atoms with Crippen molar-refractivity contribution in [2.24, 2.45) is 0 Å². The molecule has 2 aromatic rings. The van der Waals surface area contributed by atoms with Crippen molar-refractivity contribution in [2.75, 3.05) is 0 Å². The molecule has 0 aliphatic carbocycles. The molecule has 2 aromatic carbocycles. The lowest BCUT2D eigenvalue weighted by atomic mass is 10.1. The molecular weight excluding hydrogens is 264 g/mol. The topological polar surface area (TPSA) is 62.1 Å². The molecule has 0 aliphatic rings. The number of hydrogen-bond acceptors (Lipinski definition) is 3. The zero-order chi connectivity index (χ0) is 15.1. The molecule has 21 heavy (non-hydrogen) atoms. The molecule has 2 rings (SSSR count). The van der Waals surface area contributed by atoms with E-state index < -0.39 is 0 Å². The van der Waals surface area contributed by atoms with E-state index in [4.69, 9.17) is 10.00 Å². The van der Waals surface area contributed by atoms with Gasteiger partial charge in [0.25, 0.3) is 0 Å². The molecule has 0 radical (unpaired) electrons. The van der Waals surface area contributed by atoms with Gasteiger partial charge in [-0.05, 0) is 25.1 Å². The summed E-state index contributed by atoms with van der Waals surface area (Å²) < 4.78 is 5.86. The molecule has 0 spiro atoms. The standard InChI is InChI=1S/C17H16N2O2/c1-13(19-17(20)11-12-18)15-9-5-6-10-16(15)21-14-7-3-2-4-8-14/h2-10,13H,11H2,1H3,(H,19,20). The lowest BCUT2D eigenvalue weighted by Gasteiger charge is -2.17. The van der Waals surface area contributed by atoms with Crippen LogP contribution >= 0.6 is 0 Å². The van der Waals surface area contributed by atoms with E-state index in [2.05, 4.69) is 5.32 Å². The Balaban J connectivity index is 2.17. The molecule has 0 bridgehead atoms. The minimum Gasteiger partial charge on any atom is -0.457 e. The summed E-state index contributed by atoms with van der Waals surface area (Å²) in [5.74, 6) is 1.13. The number of ether oxygens (including phenoxy) is 1. The van der Waals surface area contributed by atoms with Gasteiger partial charge in [-0.3, -0.25) is 4.79 Å². The van der Waals surface area contributed by atoms with Crippen LogP contribution in [0.2, 0.25) is 0 Å². The first-order chi connectivity index (χ1) is 10.2. The monoisotopic (exact) mass is 280 g/mol. The van der Waals surface area contributed by atoms with Crippen molar-refractivity contribution in [1.82, 2.24) is 5.32 Å². The van der Waals surface area contributed by atoms with Gasteiger partial charge in [0.05, 0.1) is 12.1 Å². The fourth-order valence-corrected chi connectivity index (χ4v) is 1.99. The van der Waals surface area contributed by atoms with Crippen LogP contribution in [-0.2, 0) is 4.79 Å². The number of nitrogens with zero attached hydrogens (tertiary/aromatic N) is 1. The van der Waals surface area contributed by atoms with Crippen LogP contribution in [0.5, 0.6) is 11.5 Å². The zero-order valence-electron chi connectivity index (χ0n) is 11.7. The van der Waals surface area contributed by atoms with E-state index in [1.54, 1.807) is 0 Å². The number of nitrogens with one attached hydrogen (secondary N) is 1. The number of para-hydroxylation sites is 2. The smallest absolute Gasteiger partial charge is 0.234 e. The van der Waals surface area contributed by atoms with E-state index in [-0.39, 0.29) is 18.4 Å². The van der Waals surface area contributed by atoms with Crippen molar-refractivity contribution >= 4 is 5.91 Å². The third-order valence-corrected chi connectivity index (χ3v) is 2.97. The van der Waals surface area contributed by atoms with Gasteiger partial charge in [-0.1, -0.05) is 36.4 Å². The van der Waals surface area contributed by atoms with Gasteiger partial charge in [-0.2, -0.15) is 5.26 Å². The number of amides is 1. The highest BCUT2D eigenvalue weighted by Crippen LogP contribution is 2.29. The third kappa shape index (κ3) is 4.08. The number of rotatable bonds is 5. The molecule has 0 aliphatic heterocycles. The number of benzene rings is 2. The molecule has 0 saturated carbocycles. The number of carbonyl (C=O) groups excluding carboxylic acids is 1. The largest absolute Gasteiger partial charge is 0.457 e. The molecule has 0 saturated heterocycles. The Morgan fingerprint density at radius 1 is 1.19 bits per heavy atom. The Morgan fingerprint density at radius 3 is 2.57 bits per heavy atom. The highest BCUT2D eigenvalue weighted by Gasteiger charge is 2.14. The average Bonchev–Trinajstić information content (AvgIpc) is 2.49. The minimum atomic E-state index is -0.292. The quantitative estimate of drug-likeness (QED) is 0.910. The van der Waals surface area contributed by atoms with Crippen molar-refractivity contribution < 1.29 is 9.53 Å². The number of hydrogen-bond donors (Lipinski definition) is 1. The summed E-state index contributed by atoms with van der Waals surface area (Å²) >= 11 is 0. The maximum absolute atomic E-state index is 11.5. The van der Waals surface area contributed by atoms with Crippen LogP contribution in [0.3, 0.4) is 0 Å². The van der Waals surface area contributed by atoms with E-state index in [1.807, 2.05) is 67.6 Å². The van der Waals surface area contributed by atoms with Crippen molar-refractivity contribution in [3.05, 3.63) is 60.2 Å². The van der Waals surface area contributed by atoms with Gasteiger partial charge in [-0.25, -0.2) is 0 Å². The van der Waals surface area contributed by atoms with Crippen LogP contribution in [0.4, 0.5) is 0 Å². The number of nitriles is 1. The Labute approximate surface area is 124 Å². The highest BCUT2D eigenvalue weighted by molar-refractivity contribution is 5.78. The van der Waals surface area contributed by atoms with Gasteiger partial charge in [0.15, 0.2) is 0 Å². The van der Waals surface area contributed by atoms with Gasteiger partial charge in [0, 0.05) is 5.56 Å². The van der Waals surface area contributed by atoms with Crippen LogP contribution in [-0.4, -0.2) is 5.91 Å². The van der Waals surface area contributed by atoms with Crippen LogP contribution in [0.25, 0.3) is 0 Å². The van der Waals surface area contributed by atoms with E-state index in [0.29, 0.717) is 5.75 Å². The summed E-state index contributed by atoms with van der Waals surface area (Å²) in [6, 6.07) is 18.6. The fourth-order valence-electron chi connectivity index (χ4n) is 1.99. The second-order valence-electron chi connectivity index (χ2n) is 4.58. The normalized spacial score (nSPS) is 11.2. The molecule has 4 nitrogen and oxygen atoms in total. The van der Waals surface area contributed by atoms with Crippen LogP contribution in [0, 0.1) is 11.3 Å². The van der Waals surface area contributed by atoms with Gasteiger partial charge in [0.1, 0.15) is 17.9 Å². The predicted molar refractivity (Wildman–Crippen MR) is 79.7 cm³/mol. The Morgan fingerprint density at radius 2 is 1.86 bits per heavy atom. The zero-order valence-corrected chi connectivity index (χ0v) is 11.7. The Kier molecular flexibility index (Phi) is 4.94. The maximum atomic E-state index is 11.5. The van der Waals surface area contributed by atoms with Crippen molar-refractivity contribution in [3.63, 3.8) is 0 Å². The summed E-state index contributed by atoms with van der Waals surface area (Å²) in [7, 11) is 0. The lowest BCUT2D eigenvalue weighted by molar-refractivity contribution is -0.120. The molecule has 4 heteroatoms. The van der Waals surface area contributed by atoms with Crippen LogP contribution < -0.4 is 10.1 Å². The molecule has 1 atom stereocenters. The molecule has 1 unspecified atom stereocenters. The van der Waals surface area contributed by atoms with E-state index in [9.17, 15) is 4.79 Å². The summed E-state index contributed by atoms with van der Waals surface area (Å²) in [5.41, 5.74) is 0.868. The molecular formula is C17H16N2O2. The molecule has 0 heterocycles. The molecule has 1 amide bonds.